The van der Waals surface area contributed by atoms with Crippen LogP contribution in [0.4, 0.5) is 10.6 Å². The van der Waals surface area contributed by atoms with Gasteiger partial charge in [0.2, 0.25) is 0 Å². The molecular weight excluding hydrogens is 460 g/mol. The largest absolute Gasteiger partial charge is 0.465 e. The number of hydrogen-bond acceptors (Lipinski definition) is 8. The third kappa shape index (κ3) is 5.45. The van der Waals surface area contributed by atoms with E-state index >= 15 is 0 Å². The minimum absolute atomic E-state index is 0.136. The number of rotatable bonds is 7. The van der Waals surface area contributed by atoms with E-state index in [0.717, 1.165) is 11.9 Å². The van der Waals surface area contributed by atoms with E-state index < -0.39 is 15.9 Å². The third-order valence-electron chi connectivity index (χ3n) is 5.66. The maximum Gasteiger partial charge on any atom is 0.407 e. The van der Waals surface area contributed by atoms with Gasteiger partial charge in [0.1, 0.15) is 11.5 Å². The Morgan fingerprint density at radius 3 is 2.79 bits per heavy atom. The number of aromatic nitrogens is 4. The summed E-state index contributed by atoms with van der Waals surface area (Å²) >= 11 is 0. The smallest absolute Gasteiger partial charge is 0.407 e. The molecule has 4 heterocycles. The van der Waals surface area contributed by atoms with Crippen LogP contribution in [0.1, 0.15) is 24.7 Å². The van der Waals surface area contributed by atoms with Gasteiger partial charge in [0.05, 0.1) is 48.3 Å². The number of pyridine rings is 1. The van der Waals surface area contributed by atoms with Crippen LogP contribution in [0.5, 0.6) is 0 Å². The number of carboxylic acid groups (broad SMARTS) is 1. The highest BCUT2D eigenvalue weighted by Crippen LogP contribution is 2.26. The fourth-order valence-electron chi connectivity index (χ4n) is 3.98. The second kappa shape index (κ2) is 9.55. The van der Waals surface area contributed by atoms with Crippen molar-refractivity contribution in [1.29, 1.82) is 0 Å². The van der Waals surface area contributed by atoms with Crippen LogP contribution in [-0.4, -0.2) is 83.6 Å². The van der Waals surface area contributed by atoms with Crippen molar-refractivity contribution in [2.75, 3.05) is 38.0 Å². The summed E-state index contributed by atoms with van der Waals surface area (Å²) in [5.41, 5.74) is 3.01. The van der Waals surface area contributed by atoms with E-state index in [2.05, 4.69) is 26.8 Å². The number of hydrogen-bond donors (Lipinski definition) is 2. The van der Waals surface area contributed by atoms with Crippen LogP contribution < -0.4 is 4.90 Å². The van der Waals surface area contributed by atoms with Crippen LogP contribution in [0.25, 0.3) is 22.6 Å². The average molecular weight is 489 g/mol. The number of sulfone groups is 1. The molecule has 1 aliphatic rings. The molecule has 0 aliphatic carbocycles. The van der Waals surface area contributed by atoms with Crippen molar-refractivity contribution in [3.05, 3.63) is 35.7 Å². The Kier molecular flexibility index (Phi) is 6.71. The molecule has 1 unspecified atom stereocenters. The molecule has 3 aromatic rings. The molecule has 11 nitrogen and oxygen atoms in total. The lowest BCUT2D eigenvalue weighted by Crippen LogP contribution is -2.45. The summed E-state index contributed by atoms with van der Waals surface area (Å²) in [6.45, 7) is 4.07. The zero-order valence-electron chi connectivity index (χ0n) is 19.4. The van der Waals surface area contributed by atoms with E-state index in [1.165, 1.54) is 18.2 Å². The van der Waals surface area contributed by atoms with E-state index in [1.807, 2.05) is 6.07 Å². The van der Waals surface area contributed by atoms with E-state index in [-0.39, 0.29) is 18.3 Å². The van der Waals surface area contributed by atoms with Gasteiger partial charge in [0, 0.05) is 31.6 Å². The zero-order valence-corrected chi connectivity index (χ0v) is 20.2. The number of ether oxygens (including phenoxy) is 1. The fourth-order valence-corrected chi connectivity index (χ4v) is 4.66. The Morgan fingerprint density at radius 2 is 2.09 bits per heavy atom. The predicted molar refractivity (Wildman–Crippen MR) is 127 cm³/mol. The van der Waals surface area contributed by atoms with Crippen molar-refractivity contribution >= 4 is 32.8 Å². The summed E-state index contributed by atoms with van der Waals surface area (Å²) < 4.78 is 29.6. The van der Waals surface area contributed by atoms with Crippen LogP contribution in [0.15, 0.2) is 24.3 Å². The highest BCUT2D eigenvalue weighted by molar-refractivity contribution is 7.89. The number of anilines is 1. The van der Waals surface area contributed by atoms with Crippen molar-refractivity contribution in [3.8, 4) is 11.5 Å². The summed E-state index contributed by atoms with van der Waals surface area (Å²) in [4.78, 5) is 31.5. The monoisotopic (exact) mass is 488 g/mol. The van der Waals surface area contributed by atoms with Gasteiger partial charge in [-0.3, -0.25) is 0 Å². The van der Waals surface area contributed by atoms with Crippen molar-refractivity contribution in [3.63, 3.8) is 0 Å². The number of carbonyl (C=O) groups is 1. The number of aromatic amines is 1. The zero-order chi connectivity index (χ0) is 24.5. The number of nitrogens with zero attached hydrogens (tertiary/aromatic N) is 5. The molecule has 1 saturated heterocycles. The molecule has 1 amide bonds. The van der Waals surface area contributed by atoms with Gasteiger partial charge in [-0.05, 0) is 24.6 Å². The first-order chi connectivity index (χ1) is 16.1. The first-order valence-corrected chi connectivity index (χ1v) is 13.0. The molecule has 3 aromatic heterocycles. The van der Waals surface area contributed by atoms with Gasteiger partial charge in [-0.25, -0.2) is 28.2 Å². The van der Waals surface area contributed by atoms with Crippen LogP contribution in [-0.2, 0) is 26.9 Å². The second-order valence-electron chi connectivity index (χ2n) is 8.50. The lowest BCUT2D eigenvalue weighted by atomic mass is 10.1. The molecule has 1 aliphatic heterocycles. The van der Waals surface area contributed by atoms with Crippen LogP contribution >= 0.6 is 0 Å². The molecule has 34 heavy (non-hydrogen) atoms. The lowest BCUT2D eigenvalue weighted by molar-refractivity contribution is 0.0925. The number of nitrogens with one attached hydrogen (secondary N) is 1. The summed E-state index contributed by atoms with van der Waals surface area (Å²) in [6, 6.07) is 7.25. The predicted octanol–water partition coefficient (Wildman–Crippen LogP) is 2.29. The molecule has 2 N–H and O–H groups in total. The van der Waals surface area contributed by atoms with Gasteiger partial charge >= 0.3 is 6.09 Å². The molecule has 0 radical (unpaired) electrons. The fraction of sp³-hybridized carbons (Fsp3) is 0.455. The van der Waals surface area contributed by atoms with Crippen molar-refractivity contribution in [1.82, 2.24) is 24.8 Å². The molecular formula is C22H28N6O5S. The highest BCUT2D eigenvalue weighted by atomic mass is 32.2. The Morgan fingerprint density at radius 1 is 1.29 bits per heavy atom. The van der Waals surface area contributed by atoms with Crippen molar-refractivity contribution in [2.24, 2.45) is 0 Å². The Labute approximate surface area is 197 Å². The number of morpholine rings is 1. The minimum Gasteiger partial charge on any atom is -0.465 e. The van der Waals surface area contributed by atoms with Gasteiger partial charge in [-0.2, -0.15) is 0 Å². The highest BCUT2D eigenvalue weighted by Gasteiger charge is 2.25. The summed E-state index contributed by atoms with van der Waals surface area (Å²) in [5.74, 6) is 0.790. The standard InChI is InChI=1S/C22H28N6O5S/c1-4-16-12-33-8-7-28(16)20-10-15(13-34(3,31)32)24-21(26-20)18-6-5-17-19(25-18)9-14(23-17)11-27(2)22(29)30/h5-6,9-10,16,23H,4,7-8,11-13H2,1-3H3,(H,29,30). The average Bonchev–Trinajstić information content (AvgIpc) is 3.19. The van der Waals surface area contributed by atoms with Crippen molar-refractivity contribution < 1.29 is 23.1 Å². The van der Waals surface area contributed by atoms with Gasteiger partial charge in [-0.1, -0.05) is 6.92 Å². The molecule has 0 bridgehead atoms. The Balaban J connectivity index is 1.74. The van der Waals surface area contributed by atoms with Gasteiger partial charge in [-0.15, -0.1) is 0 Å². The molecule has 4 rings (SSSR count). The third-order valence-corrected chi connectivity index (χ3v) is 6.48. The molecule has 0 saturated carbocycles. The molecule has 0 spiro atoms. The quantitative estimate of drug-likeness (QED) is 0.512. The van der Waals surface area contributed by atoms with Crippen LogP contribution in [0, 0.1) is 0 Å². The summed E-state index contributed by atoms with van der Waals surface area (Å²) in [7, 11) is -1.81. The first kappa shape index (κ1) is 23.9. The minimum atomic E-state index is -3.30. The molecule has 182 valence electrons. The molecule has 1 atom stereocenters. The lowest BCUT2D eigenvalue weighted by Gasteiger charge is -2.36. The second-order valence-corrected chi connectivity index (χ2v) is 10.6. The van der Waals surface area contributed by atoms with E-state index in [9.17, 15) is 13.2 Å². The van der Waals surface area contributed by atoms with Crippen LogP contribution in [0.2, 0.25) is 0 Å². The normalized spacial score (nSPS) is 16.7. The topological polar surface area (TPSA) is 142 Å². The molecule has 1 fully saturated rings. The summed E-state index contributed by atoms with van der Waals surface area (Å²) in [6.07, 6.45) is 1.02. The molecule has 0 aromatic carbocycles. The summed E-state index contributed by atoms with van der Waals surface area (Å²) in [5, 5.41) is 9.11. The van der Waals surface area contributed by atoms with E-state index in [0.29, 0.717) is 54.0 Å². The van der Waals surface area contributed by atoms with Gasteiger partial charge in [0.25, 0.3) is 0 Å². The number of amides is 1. The maximum atomic E-state index is 12.0. The molecule has 12 heteroatoms. The number of H-pyrrole nitrogens is 1. The van der Waals surface area contributed by atoms with Gasteiger partial charge < -0.3 is 24.6 Å². The van der Waals surface area contributed by atoms with Gasteiger partial charge in [0.15, 0.2) is 15.7 Å². The Bertz CT molecular complexity index is 1310. The van der Waals surface area contributed by atoms with Crippen molar-refractivity contribution in [2.45, 2.75) is 31.7 Å². The van der Waals surface area contributed by atoms with E-state index in [1.54, 1.807) is 18.2 Å². The maximum absolute atomic E-state index is 12.0. The van der Waals surface area contributed by atoms with E-state index in [4.69, 9.17) is 14.8 Å². The Hall–Kier alpha value is -3.25. The SMILES string of the molecule is CCC1COCCN1c1cc(CS(C)(=O)=O)nc(-c2ccc3[nH]c(CN(C)C(=O)O)cc3n2)n1. The number of fused-ring (bicyclic) bond motifs is 1. The van der Waals surface area contributed by atoms with Crippen LogP contribution in [0.3, 0.4) is 0 Å². The first-order valence-electron chi connectivity index (χ1n) is 11.0.